The van der Waals surface area contributed by atoms with Gasteiger partial charge in [-0.25, -0.2) is 0 Å². The van der Waals surface area contributed by atoms with Gasteiger partial charge < -0.3 is 18.3 Å². The summed E-state index contributed by atoms with van der Waals surface area (Å²) in [7, 11) is 0. The maximum absolute atomic E-state index is 2.72. The van der Waals surface area contributed by atoms with E-state index in [9.17, 15) is 0 Å². The van der Waals surface area contributed by atoms with Crippen molar-refractivity contribution in [2.45, 2.75) is 27.7 Å². The van der Waals surface area contributed by atoms with Gasteiger partial charge in [0.15, 0.2) is 0 Å². The van der Waals surface area contributed by atoms with Gasteiger partial charge in [0.2, 0.25) is 0 Å². The van der Waals surface area contributed by atoms with Gasteiger partial charge in [-0.3, -0.25) is 0 Å². The topological polar surface area (TPSA) is 19.7 Å². The molecule has 0 amide bonds. The Hall–Kier alpha value is -10.0. The second-order valence-corrected chi connectivity index (χ2v) is 24.6. The molecule has 0 saturated heterocycles. The van der Waals surface area contributed by atoms with E-state index < -0.39 is 0 Å². The van der Waals surface area contributed by atoms with E-state index in [2.05, 4.69) is 252 Å². The lowest BCUT2D eigenvalue weighted by molar-refractivity contribution is 1.13. The summed E-state index contributed by atoms with van der Waals surface area (Å²) < 4.78 is 10.9. The summed E-state index contributed by atoms with van der Waals surface area (Å²) in [5, 5.41) is 10.7. The SMILES string of the molecule is Cc1ccc(-c2ccc3c(c2)c2c4c5cc(-c6ccc(C)cc6)ccc5n5c4c4c6c2n3-c2cccc3c2B6c2c6c7c(c8cc(-c9ccc(C)cc9)ccc8n7-c7cccc-5c7B46)c4c5cc(-c6ccc(C)cc6)ccc5n-3c24)cc1. The van der Waals surface area contributed by atoms with Crippen LogP contribution in [0.1, 0.15) is 22.3 Å². The lowest BCUT2D eigenvalue weighted by Gasteiger charge is -2.44. The summed E-state index contributed by atoms with van der Waals surface area (Å²) in [6.07, 6.45) is 0. The molecule has 0 radical (unpaired) electrons. The Morgan fingerprint density at radius 1 is 0.232 bits per heavy atom. The maximum Gasteiger partial charge on any atom is 0.251 e. The Morgan fingerprint density at radius 2 is 0.451 bits per heavy atom. The van der Waals surface area contributed by atoms with E-state index >= 15 is 0 Å². The molecular formula is C76H46B2N4. The minimum Gasteiger partial charge on any atom is -0.310 e. The average molecular weight is 1040 g/mol. The first kappa shape index (κ1) is 42.9. The second kappa shape index (κ2) is 14.3. The number of fused-ring (bicyclic) bond motifs is 18. The van der Waals surface area contributed by atoms with Crippen LogP contribution in [0.5, 0.6) is 0 Å². The van der Waals surface area contributed by atoms with Crippen molar-refractivity contribution in [1.82, 2.24) is 18.3 Å². The van der Waals surface area contributed by atoms with Crippen LogP contribution in [0.3, 0.4) is 0 Å². The summed E-state index contributed by atoms with van der Waals surface area (Å²) in [5.74, 6) is 0. The van der Waals surface area contributed by atoms with Gasteiger partial charge >= 0.3 is 0 Å². The molecule has 6 heteroatoms. The van der Waals surface area contributed by atoms with E-state index in [0.717, 1.165) is 0 Å². The monoisotopic (exact) mass is 1040 g/mol. The lowest BCUT2D eigenvalue weighted by atomic mass is 9.18. The van der Waals surface area contributed by atoms with E-state index in [1.165, 1.54) is 210 Å². The zero-order valence-electron chi connectivity index (χ0n) is 45.6. The number of hydrogen-bond acceptors (Lipinski definition) is 0. The van der Waals surface area contributed by atoms with E-state index in [1.807, 2.05) is 0 Å². The Kier molecular flexibility index (Phi) is 7.46. The van der Waals surface area contributed by atoms with E-state index in [0.29, 0.717) is 0 Å². The molecule has 21 rings (SSSR count). The van der Waals surface area contributed by atoms with Crippen LogP contribution in [-0.4, -0.2) is 31.7 Å². The molecule has 0 N–H and O–H groups in total. The molecular weight excluding hydrogens is 990 g/mol. The maximum atomic E-state index is 2.72. The highest BCUT2D eigenvalue weighted by molar-refractivity contribution is 7.16. The van der Waals surface area contributed by atoms with Gasteiger partial charge in [0.25, 0.3) is 13.4 Å². The molecule has 12 aromatic carbocycles. The zero-order valence-corrected chi connectivity index (χ0v) is 45.6. The fourth-order valence-corrected chi connectivity index (χ4v) is 16.9. The Labute approximate surface area is 472 Å². The van der Waals surface area contributed by atoms with Crippen LogP contribution in [0.2, 0.25) is 0 Å². The van der Waals surface area contributed by atoms with E-state index in [-0.39, 0.29) is 13.4 Å². The molecule has 82 heavy (non-hydrogen) atoms. The molecule has 9 heterocycles. The molecule has 0 unspecified atom stereocenters. The third kappa shape index (κ3) is 4.85. The third-order valence-electron chi connectivity index (χ3n) is 20.3. The Morgan fingerprint density at radius 3 is 0.683 bits per heavy atom. The van der Waals surface area contributed by atoms with Crippen molar-refractivity contribution in [2.75, 3.05) is 0 Å². The molecule has 376 valence electrons. The largest absolute Gasteiger partial charge is 0.310 e. The summed E-state index contributed by atoms with van der Waals surface area (Å²) >= 11 is 0. The fraction of sp³-hybridized carbons (Fsp3) is 0.0526. The highest BCUT2D eigenvalue weighted by atomic mass is 15.1. The molecule has 5 aliphatic heterocycles. The van der Waals surface area contributed by atoms with Crippen molar-refractivity contribution in [1.29, 1.82) is 0 Å². The number of aryl methyl sites for hydroxylation is 4. The molecule has 0 saturated carbocycles. The number of benzene rings is 12. The number of rotatable bonds is 4. The molecule has 0 aliphatic carbocycles. The first-order valence-corrected chi connectivity index (χ1v) is 29.1. The number of aromatic nitrogens is 4. The first-order chi connectivity index (χ1) is 40.3. The first-order valence-electron chi connectivity index (χ1n) is 29.1. The highest BCUT2D eigenvalue weighted by Gasteiger charge is 2.55. The van der Waals surface area contributed by atoms with Crippen molar-refractivity contribution in [2.24, 2.45) is 0 Å². The van der Waals surface area contributed by atoms with Crippen LogP contribution in [0.15, 0.2) is 206 Å². The molecule has 16 aromatic rings. The number of nitrogens with zero attached hydrogens (tertiary/aromatic N) is 4. The predicted octanol–water partition coefficient (Wildman–Crippen LogP) is 14.6. The van der Waals surface area contributed by atoms with Crippen LogP contribution in [0.4, 0.5) is 0 Å². The third-order valence-corrected chi connectivity index (χ3v) is 20.3. The van der Waals surface area contributed by atoms with Crippen LogP contribution in [-0.2, 0) is 0 Å². The minimum atomic E-state index is -0.0102. The molecule has 0 bridgehead atoms. The Balaban J connectivity index is 1.01. The number of hydrogen-bond donors (Lipinski definition) is 0. The Bertz CT molecular complexity index is 5060. The predicted molar refractivity (Wildman–Crippen MR) is 347 cm³/mol. The van der Waals surface area contributed by atoms with Crippen molar-refractivity contribution >= 4 is 133 Å². The van der Waals surface area contributed by atoms with E-state index in [4.69, 9.17) is 0 Å². The van der Waals surface area contributed by atoms with Crippen LogP contribution in [0, 0.1) is 27.7 Å². The summed E-state index contributed by atoms with van der Waals surface area (Å²) in [6, 6.07) is 80.3. The standard InChI is InChI=1S/C76H46B2N4/c1-39-11-19-43(20-12-39)47-27-31-55-51(35-47)63-64-52-36-48(44-21-13-40(2)14-22-44)28-32-56(52)80-61-9-6-10-62-68(61)78-70(74(64)80)69-73(63)79(55)59-7-5-8-60-67(59)77(69)71-72(78)76-66(54-38-50(30-34-58(54)82(62)76)46-25-17-42(4)18-26-46)65-53-37-49(45-23-15-41(3)16-24-45)29-33-57(53)81(60)75(65)71/h5-38H,1-4H3. The van der Waals surface area contributed by atoms with Gasteiger partial charge in [-0.2, -0.15) is 0 Å². The van der Waals surface area contributed by atoms with Crippen molar-refractivity contribution in [3.63, 3.8) is 0 Å². The normalized spacial score (nSPS) is 13.6. The second-order valence-electron chi connectivity index (χ2n) is 24.6. The summed E-state index contributed by atoms with van der Waals surface area (Å²) in [4.78, 5) is 0. The van der Waals surface area contributed by atoms with Crippen molar-refractivity contribution in [3.8, 4) is 67.3 Å². The lowest BCUT2D eigenvalue weighted by Crippen LogP contribution is -2.79. The quantitative estimate of drug-likeness (QED) is 0.157. The van der Waals surface area contributed by atoms with Gasteiger partial charge in [0.1, 0.15) is 0 Å². The fourth-order valence-electron chi connectivity index (χ4n) is 16.9. The van der Waals surface area contributed by atoms with Gasteiger partial charge in [0.05, 0.1) is 22.1 Å². The van der Waals surface area contributed by atoms with Gasteiger partial charge in [0, 0.05) is 87.9 Å². The van der Waals surface area contributed by atoms with Gasteiger partial charge in [-0.15, -0.1) is 0 Å². The molecule has 0 fully saturated rings. The highest BCUT2D eigenvalue weighted by Crippen LogP contribution is 2.51. The van der Waals surface area contributed by atoms with Crippen LogP contribution < -0.4 is 32.8 Å². The molecule has 4 aromatic heterocycles. The molecule has 4 nitrogen and oxygen atoms in total. The van der Waals surface area contributed by atoms with Crippen LogP contribution >= 0.6 is 0 Å². The summed E-state index contributed by atoms with van der Waals surface area (Å²) in [6.45, 7) is 8.72. The summed E-state index contributed by atoms with van der Waals surface area (Å²) in [5.41, 5.74) is 39.4. The van der Waals surface area contributed by atoms with Gasteiger partial charge in [-0.1, -0.05) is 156 Å². The smallest absolute Gasteiger partial charge is 0.251 e. The van der Waals surface area contributed by atoms with Crippen LogP contribution in [0.25, 0.3) is 154 Å². The molecule has 0 spiro atoms. The van der Waals surface area contributed by atoms with E-state index in [1.54, 1.807) is 0 Å². The van der Waals surface area contributed by atoms with Crippen molar-refractivity contribution < 1.29 is 0 Å². The zero-order chi connectivity index (χ0) is 53.4. The van der Waals surface area contributed by atoms with Crippen molar-refractivity contribution in [3.05, 3.63) is 229 Å². The molecule has 0 atom stereocenters. The average Bonchev–Trinajstić information content (AvgIpc) is 3.76. The van der Waals surface area contributed by atoms with Gasteiger partial charge in [-0.05, 0) is 178 Å². The molecule has 5 aliphatic rings. The minimum absolute atomic E-state index is 0.0102.